The van der Waals surface area contributed by atoms with Crippen LogP contribution in [0.5, 0.6) is 0 Å². The minimum atomic E-state index is -0.374. The smallest absolute Gasteiger partial charge is 0.252 e. The maximum atomic E-state index is 13.7. The van der Waals surface area contributed by atoms with Crippen molar-refractivity contribution in [2.45, 2.75) is 25.8 Å². The zero-order valence-corrected chi connectivity index (χ0v) is 15.1. The lowest BCUT2D eigenvalue weighted by molar-refractivity contribution is -0.118. The standard InChI is InChI=1S/C19H21FN4O3/c1-12-8-13-2-3-14(20)9-15(13)24(12)19(26)10-16-21-17(11-18(25)22-16)23-4-6-27-7-5-23/h2-3,9,11-12H,4-8,10H2,1H3,(H,21,22,25). The average molecular weight is 372 g/mol. The van der Waals surface area contributed by atoms with Crippen LogP contribution in [0.4, 0.5) is 15.9 Å². The summed E-state index contributed by atoms with van der Waals surface area (Å²) >= 11 is 0. The van der Waals surface area contributed by atoms with Crippen LogP contribution in [-0.4, -0.2) is 48.2 Å². The number of H-pyrrole nitrogens is 1. The maximum absolute atomic E-state index is 13.7. The van der Waals surface area contributed by atoms with Gasteiger partial charge in [-0.1, -0.05) is 6.07 Å². The third-order valence-electron chi connectivity index (χ3n) is 4.96. The molecule has 1 N–H and O–H groups in total. The third-order valence-corrected chi connectivity index (χ3v) is 4.96. The lowest BCUT2D eigenvalue weighted by atomic mass is 10.1. The average Bonchev–Trinajstić information content (AvgIpc) is 2.97. The Labute approximate surface area is 155 Å². The summed E-state index contributed by atoms with van der Waals surface area (Å²) in [5.74, 6) is 0.271. The van der Waals surface area contributed by atoms with Crippen LogP contribution in [0.25, 0.3) is 0 Å². The van der Waals surface area contributed by atoms with Gasteiger partial charge in [0.05, 0.1) is 25.3 Å². The number of fused-ring (bicyclic) bond motifs is 1. The number of morpholine rings is 1. The number of hydrogen-bond donors (Lipinski definition) is 1. The van der Waals surface area contributed by atoms with E-state index in [9.17, 15) is 14.0 Å². The van der Waals surface area contributed by atoms with Crippen LogP contribution in [0, 0.1) is 5.82 Å². The summed E-state index contributed by atoms with van der Waals surface area (Å²) in [7, 11) is 0. The highest BCUT2D eigenvalue weighted by Crippen LogP contribution is 2.33. The van der Waals surface area contributed by atoms with Gasteiger partial charge < -0.3 is 19.5 Å². The van der Waals surface area contributed by atoms with Gasteiger partial charge >= 0.3 is 0 Å². The van der Waals surface area contributed by atoms with Crippen LogP contribution in [-0.2, 0) is 22.4 Å². The highest BCUT2D eigenvalue weighted by Gasteiger charge is 2.31. The number of carbonyl (C=O) groups excluding carboxylic acids is 1. The summed E-state index contributed by atoms with van der Waals surface area (Å²) in [6, 6.07) is 5.88. The molecule has 7 nitrogen and oxygen atoms in total. The van der Waals surface area contributed by atoms with Crippen molar-refractivity contribution in [3.05, 3.63) is 51.8 Å². The van der Waals surface area contributed by atoms with Crippen LogP contribution >= 0.6 is 0 Å². The Hall–Kier alpha value is -2.74. The van der Waals surface area contributed by atoms with E-state index in [1.807, 2.05) is 11.8 Å². The summed E-state index contributed by atoms with van der Waals surface area (Å²) in [5.41, 5.74) is 1.25. The fraction of sp³-hybridized carbons (Fsp3) is 0.421. The number of carbonyl (C=O) groups is 1. The molecule has 4 rings (SSSR count). The number of amides is 1. The van der Waals surface area contributed by atoms with Gasteiger partial charge in [-0.3, -0.25) is 9.59 Å². The molecular weight excluding hydrogens is 351 g/mol. The molecule has 1 fully saturated rings. The van der Waals surface area contributed by atoms with E-state index in [2.05, 4.69) is 9.97 Å². The van der Waals surface area contributed by atoms with Gasteiger partial charge in [0.2, 0.25) is 5.91 Å². The molecule has 2 aliphatic heterocycles. The molecule has 1 atom stereocenters. The first-order valence-corrected chi connectivity index (χ1v) is 9.04. The SMILES string of the molecule is CC1Cc2ccc(F)cc2N1C(=O)Cc1nc(N2CCOCC2)cc(=O)[nH]1. The van der Waals surface area contributed by atoms with Crippen molar-refractivity contribution in [2.75, 3.05) is 36.1 Å². The molecule has 0 spiro atoms. The zero-order valence-electron chi connectivity index (χ0n) is 15.1. The molecule has 0 aliphatic carbocycles. The van der Waals surface area contributed by atoms with E-state index in [0.717, 1.165) is 5.56 Å². The van der Waals surface area contributed by atoms with Gasteiger partial charge in [-0.25, -0.2) is 9.37 Å². The molecule has 1 saturated heterocycles. The number of nitrogens with one attached hydrogen (secondary N) is 1. The van der Waals surface area contributed by atoms with Crippen LogP contribution < -0.4 is 15.4 Å². The van der Waals surface area contributed by atoms with Crippen LogP contribution in [0.1, 0.15) is 18.3 Å². The lowest BCUT2D eigenvalue weighted by Crippen LogP contribution is -2.39. The van der Waals surface area contributed by atoms with E-state index >= 15 is 0 Å². The van der Waals surface area contributed by atoms with E-state index in [0.29, 0.717) is 50.1 Å². The number of benzene rings is 1. The fourth-order valence-corrected chi connectivity index (χ4v) is 3.72. The first-order valence-electron chi connectivity index (χ1n) is 9.04. The molecule has 1 amide bonds. The molecule has 1 aromatic carbocycles. The number of hydrogen-bond acceptors (Lipinski definition) is 5. The van der Waals surface area contributed by atoms with Crippen LogP contribution in [0.3, 0.4) is 0 Å². The van der Waals surface area contributed by atoms with Crippen molar-refractivity contribution >= 4 is 17.4 Å². The van der Waals surface area contributed by atoms with E-state index in [4.69, 9.17) is 4.74 Å². The topological polar surface area (TPSA) is 78.5 Å². The normalized spacial score (nSPS) is 19.3. The number of anilines is 2. The first-order chi connectivity index (χ1) is 13.0. The highest BCUT2D eigenvalue weighted by molar-refractivity contribution is 5.97. The Morgan fingerprint density at radius 1 is 1.33 bits per heavy atom. The van der Waals surface area contributed by atoms with E-state index in [-0.39, 0.29) is 29.7 Å². The quantitative estimate of drug-likeness (QED) is 0.878. The molecule has 2 aromatic rings. The Bertz CT molecular complexity index is 923. The monoisotopic (exact) mass is 372 g/mol. The summed E-state index contributed by atoms with van der Waals surface area (Å²) in [4.78, 5) is 35.6. The van der Waals surface area contributed by atoms with Gasteiger partial charge in [-0.2, -0.15) is 0 Å². The second kappa shape index (κ2) is 7.11. The number of aromatic nitrogens is 2. The van der Waals surface area contributed by atoms with Crippen molar-refractivity contribution in [3.63, 3.8) is 0 Å². The Morgan fingerprint density at radius 2 is 2.11 bits per heavy atom. The molecule has 142 valence electrons. The minimum Gasteiger partial charge on any atom is -0.378 e. The van der Waals surface area contributed by atoms with Gasteiger partial charge in [0, 0.05) is 25.2 Å². The molecule has 8 heteroatoms. The van der Waals surface area contributed by atoms with Gasteiger partial charge in [0.15, 0.2) is 0 Å². The van der Waals surface area contributed by atoms with Crippen molar-refractivity contribution < 1.29 is 13.9 Å². The molecule has 1 aromatic heterocycles. The van der Waals surface area contributed by atoms with Gasteiger partial charge in [0.25, 0.3) is 5.56 Å². The highest BCUT2D eigenvalue weighted by atomic mass is 19.1. The predicted octanol–water partition coefficient (Wildman–Crippen LogP) is 1.27. The van der Waals surface area contributed by atoms with Gasteiger partial charge in [-0.05, 0) is 31.0 Å². The summed E-state index contributed by atoms with van der Waals surface area (Å²) in [5, 5.41) is 0. The van der Waals surface area contributed by atoms with Crippen molar-refractivity contribution in [2.24, 2.45) is 0 Å². The molecule has 0 saturated carbocycles. The second-order valence-electron chi connectivity index (χ2n) is 6.92. The van der Waals surface area contributed by atoms with E-state index in [1.165, 1.54) is 18.2 Å². The molecule has 1 unspecified atom stereocenters. The van der Waals surface area contributed by atoms with E-state index < -0.39 is 0 Å². The van der Waals surface area contributed by atoms with Gasteiger partial charge in [0.1, 0.15) is 17.5 Å². The number of aromatic amines is 1. The van der Waals surface area contributed by atoms with Crippen molar-refractivity contribution in [1.82, 2.24) is 9.97 Å². The predicted molar refractivity (Wildman–Crippen MR) is 98.6 cm³/mol. The number of ether oxygens (including phenoxy) is 1. The number of halogens is 1. The minimum absolute atomic E-state index is 0.0479. The van der Waals surface area contributed by atoms with Crippen LogP contribution in [0.15, 0.2) is 29.1 Å². The number of rotatable bonds is 3. The summed E-state index contributed by atoms with van der Waals surface area (Å²) in [6.45, 7) is 4.39. The summed E-state index contributed by atoms with van der Waals surface area (Å²) in [6.07, 6.45) is 0.632. The van der Waals surface area contributed by atoms with Crippen LogP contribution in [0.2, 0.25) is 0 Å². The van der Waals surface area contributed by atoms with Crippen molar-refractivity contribution in [3.8, 4) is 0 Å². The van der Waals surface area contributed by atoms with Crippen molar-refractivity contribution in [1.29, 1.82) is 0 Å². The maximum Gasteiger partial charge on any atom is 0.252 e. The molecular formula is C19H21FN4O3. The second-order valence-corrected chi connectivity index (χ2v) is 6.92. The zero-order chi connectivity index (χ0) is 19.0. The summed E-state index contributed by atoms with van der Waals surface area (Å²) < 4.78 is 19.0. The first kappa shape index (κ1) is 17.7. The number of nitrogens with zero attached hydrogens (tertiary/aromatic N) is 3. The Kier molecular flexibility index (Phi) is 4.65. The Morgan fingerprint density at radius 3 is 2.89 bits per heavy atom. The van der Waals surface area contributed by atoms with E-state index in [1.54, 1.807) is 11.0 Å². The third kappa shape index (κ3) is 3.57. The van der Waals surface area contributed by atoms with Gasteiger partial charge in [-0.15, -0.1) is 0 Å². The lowest BCUT2D eigenvalue weighted by Gasteiger charge is -2.28. The molecule has 0 bridgehead atoms. The molecule has 2 aliphatic rings. The largest absolute Gasteiger partial charge is 0.378 e. The molecule has 27 heavy (non-hydrogen) atoms. The fourth-order valence-electron chi connectivity index (χ4n) is 3.72. The molecule has 0 radical (unpaired) electrons. The Balaban J connectivity index is 1.57. The molecule has 3 heterocycles.